The third kappa shape index (κ3) is 6.49. The smallest absolute Gasteiger partial charge is 0.226 e. The molecule has 3 aromatic rings. The summed E-state index contributed by atoms with van der Waals surface area (Å²) < 4.78 is 13.1. The van der Waals surface area contributed by atoms with Crippen molar-refractivity contribution in [3.05, 3.63) is 89.2 Å². The van der Waals surface area contributed by atoms with Crippen molar-refractivity contribution in [3.63, 3.8) is 0 Å². The van der Waals surface area contributed by atoms with Crippen molar-refractivity contribution < 1.29 is 9.18 Å². The fourth-order valence-electron chi connectivity index (χ4n) is 4.41. The van der Waals surface area contributed by atoms with Crippen molar-refractivity contribution in [1.29, 1.82) is 0 Å². The van der Waals surface area contributed by atoms with E-state index in [1.807, 2.05) is 32.0 Å². The molecule has 1 aliphatic heterocycles. The minimum absolute atomic E-state index is 0.0245. The summed E-state index contributed by atoms with van der Waals surface area (Å²) in [5.74, 6) is 0.362. The fourth-order valence-corrected chi connectivity index (χ4v) is 5.22. The van der Waals surface area contributed by atoms with Gasteiger partial charge in [0, 0.05) is 27.9 Å². The Morgan fingerprint density at radius 2 is 1.62 bits per heavy atom. The highest BCUT2D eigenvalue weighted by Crippen LogP contribution is 2.33. The largest absolute Gasteiger partial charge is 0.326 e. The zero-order valence-electron chi connectivity index (χ0n) is 20.2. The van der Waals surface area contributed by atoms with Gasteiger partial charge >= 0.3 is 0 Å². The van der Waals surface area contributed by atoms with Gasteiger partial charge in [0.2, 0.25) is 5.91 Å². The van der Waals surface area contributed by atoms with Crippen LogP contribution in [0.1, 0.15) is 49.3 Å². The number of hydrogen-bond donors (Lipinski definition) is 1. The molecule has 1 saturated heterocycles. The molecule has 0 spiro atoms. The Balaban J connectivity index is 1.31. The quantitative estimate of drug-likeness (QED) is 0.389. The summed E-state index contributed by atoms with van der Waals surface area (Å²) in [6, 6.07) is 21.6. The Labute approximate surface area is 206 Å². The number of carbonyl (C=O) groups is 1. The third-order valence-electron chi connectivity index (χ3n) is 6.48. The van der Waals surface area contributed by atoms with E-state index in [2.05, 4.69) is 53.5 Å². The molecule has 1 N–H and O–H groups in total. The monoisotopic (exact) mass is 476 g/mol. The van der Waals surface area contributed by atoms with Crippen molar-refractivity contribution >= 4 is 23.4 Å². The van der Waals surface area contributed by atoms with Crippen LogP contribution in [0.2, 0.25) is 0 Å². The Hall–Kier alpha value is -2.63. The average Bonchev–Trinajstić information content (AvgIpc) is 2.83. The summed E-state index contributed by atoms with van der Waals surface area (Å²) in [6.45, 7) is 9.09. The Morgan fingerprint density at radius 3 is 2.24 bits per heavy atom. The number of amides is 1. The average molecular weight is 477 g/mol. The molecule has 0 saturated carbocycles. The lowest BCUT2D eigenvalue weighted by Crippen LogP contribution is -2.32. The molecule has 4 rings (SSSR count). The molecule has 3 nitrogen and oxygen atoms in total. The van der Waals surface area contributed by atoms with Gasteiger partial charge in [-0.2, -0.15) is 0 Å². The van der Waals surface area contributed by atoms with Crippen LogP contribution in [0.3, 0.4) is 0 Å². The minimum atomic E-state index is -0.204. The van der Waals surface area contributed by atoms with E-state index in [-0.39, 0.29) is 17.6 Å². The SMILES string of the molecule is Cc1ccc(NC(=O)C(C)C)cc1C1CCN(Cc2ccc(Sc3ccc(F)cc3)cc2)CC1. The molecule has 1 amide bonds. The van der Waals surface area contributed by atoms with Crippen LogP contribution < -0.4 is 5.32 Å². The number of likely N-dealkylation sites (tertiary alicyclic amines) is 1. The summed E-state index contributed by atoms with van der Waals surface area (Å²) in [6.07, 6.45) is 2.25. The van der Waals surface area contributed by atoms with Crippen LogP contribution in [0.25, 0.3) is 0 Å². The fraction of sp³-hybridized carbons (Fsp3) is 0.345. The van der Waals surface area contributed by atoms with Crippen molar-refractivity contribution in [2.45, 2.75) is 55.9 Å². The molecule has 0 bridgehead atoms. The number of anilines is 1. The number of carbonyl (C=O) groups excluding carboxylic acids is 1. The summed E-state index contributed by atoms with van der Waals surface area (Å²) in [5.41, 5.74) is 4.88. The number of rotatable bonds is 7. The van der Waals surface area contributed by atoms with Crippen LogP contribution in [-0.2, 0) is 11.3 Å². The van der Waals surface area contributed by atoms with E-state index in [9.17, 15) is 9.18 Å². The number of aryl methyl sites for hydroxylation is 1. The number of benzene rings is 3. The van der Waals surface area contributed by atoms with Gasteiger partial charge in [0.25, 0.3) is 0 Å². The number of piperidine rings is 1. The number of nitrogens with zero attached hydrogens (tertiary/aromatic N) is 1. The van der Waals surface area contributed by atoms with Crippen LogP contribution in [0.5, 0.6) is 0 Å². The van der Waals surface area contributed by atoms with Crippen LogP contribution in [0.15, 0.2) is 76.5 Å². The maximum absolute atomic E-state index is 13.1. The highest BCUT2D eigenvalue weighted by atomic mass is 32.2. The zero-order chi connectivity index (χ0) is 24.1. The molecule has 0 aromatic heterocycles. The van der Waals surface area contributed by atoms with E-state index in [0.29, 0.717) is 5.92 Å². The van der Waals surface area contributed by atoms with E-state index in [1.165, 1.54) is 28.8 Å². The Bertz CT molecular complexity index is 1100. The molecule has 0 radical (unpaired) electrons. The van der Waals surface area contributed by atoms with E-state index in [1.54, 1.807) is 11.8 Å². The van der Waals surface area contributed by atoms with Gasteiger partial charge in [-0.1, -0.05) is 43.8 Å². The maximum Gasteiger partial charge on any atom is 0.226 e. The van der Waals surface area contributed by atoms with Crippen LogP contribution >= 0.6 is 11.8 Å². The topological polar surface area (TPSA) is 32.3 Å². The van der Waals surface area contributed by atoms with Crippen LogP contribution in [0.4, 0.5) is 10.1 Å². The molecular formula is C29H33FN2OS. The van der Waals surface area contributed by atoms with E-state index >= 15 is 0 Å². The van der Waals surface area contributed by atoms with Crippen molar-refractivity contribution in [2.24, 2.45) is 5.92 Å². The van der Waals surface area contributed by atoms with Gasteiger partial charge in [-0.25, -0.2) is 4.39 Å². The number of hydrogen-bond acceptors (Lipinski definition) is 3. The van der Waals surface area contributed by atoms with Gasteiger partial charge in [-0.15, -0.1) is 0 Å². The van der Waals surface area contributed by atoms with E-state index in [4.69, 9.17) is 0 Å². The summed E-state index contributed by atoms with van der Waals surface area (Å²) >= 11 is 1.65. The normalized spacial score (nSPS) is 15.0. The molecule has 0 aliphatic carbocycles. The molecule has 1 aliphatic rings. The van der Waals surface area contributed by atoms with Gasteiger partial charge < -0.3 is 5.32 Å². The summed E-state index contributed by atoms with van der Waals surface area (Å²) in [4.78, 5) is 16.8. The van der Waals surface area contributed by atoms with Gasteiger partial charge in [-0.3, -0.25) is 9.69 Å². The lowest BCUT2D eigenvalue weighted by atomic mass is 9.86. The second kappa shape index (κ2) is 11.2. The van der Waals surface area contributed by atoms with Crippen molar-refractivity contribution in [3.8, 4) is 0 Å². The molecule has 1 fully saturated rings. The standard InChI is InChI=1S/C29H33FN2OS/c1-20(2)29(33)31-25-9-4-21(3)28(18-25)23-14-16-32(17-15-23)19-22-5-10-26(11-6-22)34-27-12-7-24(30)8-13-27/h4-13,18,20,23H,14-17,19H2,1-3H3,(H,31,33). The second-order valence-electron chi connectivity index (χ2n) is 9.47. The lowest BCUT2D eigenvalue weighted by Gasteiger charge is -2.33. The highest BCUT2D eigenvalue weighted by Gasteiger charge is 2.22. The van der Waals surface area contributed by atoms with E-state index in [0.717, 1.165) is 48.0 Å². The molecular weight excluding hydrogens is 443 g/mol. The maximum atomic E-state index is 13.1. The van der Waals surface area contributed by atoms with Gasteiger partial charge in [-0.05, 0) is 104 Å². The van der Waals surface area contributed by atoms with Crippen LogP contribution in [-0.4, -0.2) is 23.9 Å². The second-order valence-corrected chi connectivity index (χ2v) is 10.6. The Morgan fingerprint density at radius 1 is 1.00 bits per heavy atom. The predicted molar refractivity (Wildman–Crippen MR) is 139 cm³/mol. The van der Waals surface area contributed by atoms with Crippen molar-refractivity contribution in [1.82, 2.24) is 4.90 Å². The molecule has 178 valence electrons. The number of halogens is 1. The first kappa shape index (κ1) is 24.5. The number of nitrogens with one attached hydrogen (secondary N) is 1. The first-order valence-electron chi connectivity index (χ1n) is 12.0. The van der Waals surface area contributed by atoms with Gasteiger partial charge in [0.05, 0.1) is 0 Å². The predicted octanol–water partition coefficient (Wildman–Crippen LogP) is 7.26. The van der Waals surface area contributed by atoms with Gasteiger partial charge in [0.15, 0.2) is 0 Å². The lowest BCUT2D eigenvalue weighted by molar-refractivity contribution is -0.118. The van der Waals surface area contributed by atoms with Crippen LogP contribution in [0, 0.1) is 18.7 Å². The molecule has 1 heterocycles. The summed E-state index contributed by atoms with van der Waals surface area (Å²) in [5, 5.41) is 3.04. The zero-order valence-corrected chi connectivity index (χ0v) is 21.0. The minimum Gasteiger partial charge on any atom is -0.326 e. The molecule has 0 unspecified atom stereocenters. The van der Waals surface area contributed by atoms with E-state index < -0.39 is 0 Å². The first-order valence-corrected chi connectivity index (χ1v) is 12.8. The third-order valence-corrected chi connectivity index (χ3v) is 7.49. The molecule has 5 heteroatoms. The highest BCUT2D eigenvalue weighted by molar-refractivity contribution is 7.99. The molecule has 34 heavy (non-hydrogen) atoms. The molecule has 3 aromatic carbocycles. The Kier molecular flexibility index (Phi) is 8.07. The first-order chi connectivity index (χ1) is 16.4. The summed E-state index contributed by atoms with van der Waals surface area (Å²) in [7, 11) is 0. The van der Waals surface area contributed by atoms with Crippen molar-refractivity contribution in [2.75, 3.05) is 18.4 Å². The van der Waals surface area contributed by atoms with Gasteiger partial charge in [0.1, 0.15) is 5.82 Å². The molecule has 0 atom stereocenters.